The summed E-state index contributed by atoms with van der Waals surface area (Å²) < 4.78 is 0.793. The second-order valence-electron chi connectivity index (χ2n) is 3.44. The highest BCUT2D eigenvalue weighted by Crippen LogP contribution is 2.33. The van der Waals surface area contributed by atoms with E-state index in [4.69, 9.17) is 40.5 Å². The molecule has 0 atom stereocenters. The van der Waals surface area contributed by atoms with Gasteiger partial charge in [-0.15, -0.1) is 0 Å². The maximum atomic E-state index is 6.03. The van der Waals surface area contributed by atoms with Crippen molar-refractivity contribution in [3.05, 3.63) is 43.8 Å². The molecular formula is C11H7BrCl3N3. The molecule has 1 heterocycles. The minimum atomic E-state index is 0.216. The SMILES string of the molecule is Nc1nc(Nc2ccc(Cl)cc2Br)c(Cl)cc1Cl. The number of hydrogen-bond donors (Lipinski definition) is 2. The van der Waals surface area contributed by atoms with E-state index in [0.717, 1.165) is 10.2 Å². The molecule has 0 saturated carbocycles. The summed E-state index contributed by atoms with van der Waals surface area (Å²) in [5, 5.41) is 4.38. The zero-order valence-corrected chi connectivity index (χ0v) is 12.7. The lowest BCUT2D eigenvalue weighted by Gasteiger charge is -2.10. The summed E-state index contributed by atoms with van der Waals surface area (Å²) in [4.78, 5) is 4.08. The van der Waals surface area contributed by atoms with E-state index in [9.17, 15) is 0 Å². The molecule has 1 aromatic heterocycles. The third-order valence-corrected chi connectivity index (χ3v) is 3.62. The molecule has 0 radical (unpaired) electrons. The van der Waals surface area contributed by atoms with Crippen LogP contribution in [0.1, 0.15) is 0 Å². The Hall–Kier alpha value is -0.680. The van der Waals surface area contributed by atoms with Gasteiger partial charge in [0.05, 0.1) is 15.7 Å². The lowest BCUT2D eigenvalue weighted by Crippen LogP contribution is -1.99. The second kappa shape index (κ2) is 5.53. The van der Waals surface area contributed by atoms with Crippen molar-refractivity contribution >= 4 is 68.1 Å². The van der Waals surface area contributed by atoms with Gasteiger partial charge in [0.1, 0.15) is 5.82 Å². The summed E-state index contributed by atoms with van der Waals surface area (Å²) in [5.74, 6) is 0.648. The van der Waals surface area contributed by atoms with Crippen molar-refractivity contribution in [2.24, 2.45) is 0 Å². The first-order valence-corrected chi connectivity index (χ1v) is 6.73. The normalized spacial score (nSPS) is 10.4. The maximum absolute atomic E-state index is 6.03. The first-order valence-electron chi connectivity index (χ1n) is 4.81. The lowest BCUT2D eigenvalue weighted by atomic mass is 10.3. The van der Waals surface area contributed by atoms with Gasteiger partial charge in [0.2, 0.25) is 0 Å². The van der Waals surface area contributed by atoms with E-state index in [1.54, 1.807) is 18.2 Å². The van der Waals surface area contributed by atoms with Crippen molar-refractivity contribution in [3.8, 4) is 0 Å². The molecule has 0 aliphatic heterocycles. The van der Waals surface area contributed by atoms with Crippen LogP contribution >= 0.6 is 50.7 Å². The number of hydrogen-bond acceptors (Lipinski definition) is 3. The fraction of sp³-hybridized carbons (Fsp3) is 0. The van der Waals surface area contributed by atoms with Gasteiger partial charge < -0.3 is 11.1 Å². The van der Waals surface area contributed by atoms with Crippen molar-refractivity contribution in [2.75, 3.05) is 11.1 Å². The Morgan fingerprint density at radius 1 is 1.11 bits per heavy atom. The molecule has 0 aliphatic carbocycles. The number of halogens is 4. The average molecular weight is 367 g/mol. The number of nitrogen functional groups attached to an aromatic ring is 1. The van der Waals surface area contributed by atoms with Crippen LogP contribution in [-0.2, 0) is 0 Å². The standard InChI is InChI=1S/C11H7BrCl3N3/c12-6-3-5(13)1-2-9(6)17-11-8(15)4-7(14)10(16)18-11/h1-4H,(H3,16,17,18). The summed E-state index contributed by atoms with van der Waals surface area (Å²) >= 11 is 21.1. The van der Waals surface area contributed by atoms with Gasteiger partial charge in [0.15, 0.2) is 5.82 Å². The molecule has 3 nitrogen and oxygen atoms in total. The van der Waals surface area contributed by atoms with Crippen molar-refractivity contribution < 1.29 is 0 Å². The number of nitrogens with two attached hydrogens (primary N) is 1. The van der Waals surface area contributed by atoms with Crippen LogP contribution in [0.5, 0.6) is 0 Å². The molecule has 0 aliphatic rings. The van der Waals surface area contributed by atoms with Crippen LogP contribution in [0.2, 0.25) is 15.1 Å². The molecule has 7 heteroatoms. The predicted molar refractivity (Wildman–Crippen MR) is 81.1 cm³/mol. The zero-order chi connectivity index (χ0) is 13.3. The van der Waals surface area contributed by atoms with Crippen molar-refractivity contribution in [2.45, 2.75) is 0 Å². The highest BCUT2D eigenvalue weighted by Gasteiger charge is 2.09. The van der Waals surface area contributed by atoms with Crippen LogP contribution in [0.3, 0.4) is 0 Å². The first-order chi connectivity index (χ1) is 8.47. The largest absolute Gasteiger partial charge is 0.382 e. The smallest absolute Gasteiger partial charge is 0.151 e. The fourth-order valence-electron chi connectivity index (χ4n) is 1.29. The summed E-state index contributed by atoms with van der Waals surface area (Å²) in [5.41, 5.74) is 6.40. The number of nitrogens with one attached hydrogen (secondary N) is 1. The van der Waals surface area contributed by atoms with Gasteiger partial charge in [-0.3, -0.25) is 0 Å². The molecule has 0 saturated heterocycles. The van der Waals surface area contributed by atoms with Gasteiger partial charge in [-0.05, 0) is 40.2 Å². The van der Waals surface area contributed by atoms with Gasteiger partial charge in [-0.1, -0.05) is 34.8 Å². The molecule has 0 unspecified atom stereocenters. The van der Waals surface area contributed by atoms with Crippen LogP contribution in [0.25, 0.3) is 0 Å². The quantitative estimate of drug-likeness (QED) is 0.774. The van der Waals surface area contributed by atoms with Crippen LogP contribution in [0.15, 0.2) is 28.7 Å². The Morgan fingerprint density at radius 3 is 2.50 bits per heavy atom. The van der Waals surface area contributed by atoms with E-state index < -0.39 is 0 Å². The molecule has 2 rings (SSSR count). The minimum absolute atomic E-state index is 0.216. The molecule has 0 amide bonds. The maximum Gasteiger partial charge on any atom is 0.151 e. The van der Waals surface area contributed by atoms with E-state index >= 15 is 0 Å². The molecule has 0 fully saturated rings. The number of aromatic nitrogens is 1. The number of rotatable bonds is 2. The van der Waals surface area contributed by atoms with E-state index in [2.05, 4.69) is 26.2 Å². The number of anilines is 3. The Balaban J connectivity index is 2.37. The molecule has 2 aromatic rings. The topological polar surface area (TPSA) is 50.9 Å². The van der Waals surface area contributed by atoms with Crippen LogP contribution < -0.4 is 11.1 Å². The highest BCUT2D eigenvalue weighted by atomic mass is 79.9. The summed E-state index contributed by atoms with van der Waals surface area (Å²) in [6.07, 6.45) is 0. The molecule has 94 valence electrons. The van der Waals surface area contributed by atoms with Gasteiger partial charge in [-0.2, -0.15) is 0 Å². The van der Waals surface area contributed by atoms with E-state index in [-0.39, 0.29) is 5.82 Å². The van der Waals surface area contributed by atoms with Gasteiger partial charge in [-0.25, -0.2) is 4.98 Å². The van der Waals surface area contributed by atoms with E-state index in [0.29, 0.717) is 20.9 Å². The lowest BCUT2D eigenvalue weighted by molar-refractivity contribution is 1.31. The molecule has 3 N–H and O–H groups in total. The van der Waals surface area contributed by atoms with Crippen LogP contribution in [-0.4, -0.2) is 4.98 Å². The molecule has 18 heavy (non-hydrogen) atoms. The Bertz CT molecular complexity index is 604. The van der Waals surface area contributed by atoms with Crippen molar-refractivity contribution in [3.63, 3.8) is 0 Å². The van der Waals surface area contributed by atoms with Gasteiger partial charge in [0, 0.05) is 9.50 Å². The first kappa shape index (κ1) is 13.7. The highest BCUT2D eigenvalue weighted by molar-refractivity contribution is 9.10. The van der Waals surface area contributed by atoms with Gasteiger partial charge >= 0.3 is 0 Å². The monoisotopic (exact) mass is 365 g/mol. The summed E-state index contributed by atoms with van der Waals surface area (Å²) in [6.45, 7) is 0. The molecule has 1 aromatic carbocycles. The average Bonchev–Trinajstić information content (AvgIpc) is 2.29. The second-order valence-corrected chi connectivity index (χ2v) is 5.54. The minimum Gasteiger partial charge on any atom is -0.382 e. The van der Waals surface area contributed by atoms with E-state index in [1.165, 1.54) is 6.07 Å². The number of benzene rings is 1. The predicted octanol–water partition coefficient (Wildman–Crippen LogP) is 5.13. The molecular weight excluding hydrogens is 360 g/mol. The summed E-state index contributed by atoms with van der Waals surface area (Å²) in [6, 6.07) is 6.85. The Kier molecular flexibility index (Phi) is 4.22. The third-order valence-electron chi connectivity index (χ3n) is 2.14. The van der Waals surface area contributed by atoms with Crippen molar-refractivity contribution in [1.29, 1.82) is 0 Å². The summed E-state index contributed by atoms with van der Waals surface area (Å²) in [7, 11) is 0. The van der Waals surface area contributed by atoms with Gasteiger partial charge in [0.25, 0.3) is 0 Å². The zero-order valence-electron chi connectivity index (χ0n) is 8.85. The van der Waals surface area contributed by atoms with Crippen LogP contribution in [0.4, 0.5) is 17.3 Å². The Morgan fingerprint density at radius 2 is 1.83 bits per heavy atom. The number of pyridine rings is 1. The van der Waals surface area contributed by atoms with Crippen molar-refractivity contribution in [1.82, 2.24) is 4.98 Å². The molecule has 0 bridgehead atoms. The third kappa shape index (κ3) is 3.01. The fourth-order valence-corrected chi connectivity index (χ4v) is 2.47. The van der Waals surface area contributed by atoms with Crippen LogP contribution in [0, 0.1) is 0 Å². The molecule has 0 spiro atoms. The van der Waals surface area contributed by atoms with E-state index in [1.807, 2.05) is 0 Å². The Labute approximate surface area is 127 Å². The number of nitrogens with zero attached hydrogens (tertiary/aromatic N) is 1.